The van der Waals surface area contributed by atoms with Crippen molar-refractivity contribution in [3.63, 3.8) is 0 Å². The van der Waals surface area contributed by atoms with Crippen LogP contribution in [0.4, 0.5) is 0 Å². The van der Waals surface area contributed by atoms with Crippen LogP contribution in [0.2, 0.25) is 0 Å². The Morgan fingerprint density at radius 3 is 2.89 bits per heavy atom. The van der Waals surface area contributed by atoms with Crippen molar-refractivity contribution >= 4 is 0 Å². The molecule has 2 heterocycles. The maximum Gasteiger partial charge on any atom is 0.230 e. The minimum Gasteiger partial charge on any atom is -0.442 e. The fraction of sp³-hybridized carbons (Fsp3) is 0.450. The Labute approximate surface area is 156 Å². The van der Waals surface area contributed by atoms with E-state index >= 15 is 0 Å². The molecule has 1 unspecified atom stereocenters. The van der Waals surface area contributed by atoms with E-state index < -0.39 is 6.23 Å². The normalized spacial score (nSPS) is 20.4. The summed E-state index contributed by atoms with van der Waals surface area (Å²) in [5.74, 6) is 2.85. The Hall–Kier alpha value is -2.51. The van der Waals surface area contributed by atoms with Gasteiger partial charge in [-0.3, -0.25) is 5.32 Å². The van der Waals surface area contributed by atoms with Crippen molar-refractivity contribution in [3.05, 3.63) is 53.1 Å². The van der Waals surface area contributed by atoms with E-state index in [1.807, 2.05) is 6.07 Å². The lowest BCUT2D eigenvalue weighted by Crippen LogP contribution is -2.24. The Morgan fingerprint density at radius 1 is 1.26 bits per heavy atom. The number of nitrogens with one attached hydrogen (secondary N) is 1. The van der Waals surface area contributed by atoms with Crippen LogP contribution >= 0.6 is 0 Å². The van der Waals surface area contributed by atoms with Crippen LogP contribution in [0.3, 0.4) is 0 Å². The van der Waals surface area contributed by atoms with Crippen molar-refractivity contribution in [1.82, 2.24) is 20.4 Å². The monoisotopic (exact) mass is 366 g/mol. The summed E-state index contributed by atoms with van der Waals surface area (Å²) >= 11 is 0. The molecule has 5 rings (SSSR count). The molecular weight excluding hydrogens is 344 g/mol. The van der Waals surface area contributed by atoms with Gasteiger partial charge in [-0.25, -0.2) is 4.98 Å². The number of benzene rings is 1. The van der Waals surface area contributed by atoms with Crippen LogP contribution in [-0.4, -0.2) is 20.2 Å². The number of hydrogen-bond acceptors (Lipinski definition) is 7. The summed E-state index contributed by atoms with van der Waals surface area (Å²) < 4.78 is 10.8. The molecule has 0 aliphatic heterocycles. The quantitative estimate of drug-likeness (QED) is 0.666. The molecule has 27 heavy (non-hydrogen) atoms. The molecule has 2 aliphatic carbocycles. The summed E-state index contributed by atoms with van der Waals surface area (Å²) in [5, 5.41) is 17.8. The van der Waals surface area contributed by atoms with E-state index in [9.17, 15) is 5.11 Å². The number of aryl methyl sites for hydroxylation is 2. The van der Waals surface area contributed by atoms with E-state index in [1.54, 1.807) is 13.1 Å². The highest BCUT2D eigenvalue weighted by Crippen LogP contribution is 2.37. The zero-order chi connectivity index (χ0) is 18.4. The van der Waals surface area contributed by atoms with Gasteiger partial charge in [0.2, 0.25) is 11.7 Å². The van der Waals surface area contributed by atoms with Crippen molar-refractivity contribution in [2.75, 3.05) is 0 Å². The molecule has 2 aromatic heterocycles. The van der Waals surface area contributed by atoms with Crippen LogP contribution in [-0.2, 0) is 6.42 Å². The Balaban J connectivity index is 1.33. The second-order valence-electron chi connectivity index (χ2n) is 7.44. The van der Waals surface area contributed by atoms with Crippen LogP contribution < -0.4 is 5.32 Å². The van der Waals surface area contributed by atoms with Crippen LogP contribution in [0.25, 0.3) is 11.4 Å². The maximum atomic E-state index is 10.4. The van der Waals surface area contributed by atoms with Crippen molar-refractivity contribution < 1.29 is 14.0 Å². The third-order valence-corrected chi connectivity index (χ3v) is 5.64. The number of aliphatic hydroxyl groups excluding tert-OH is 1. The first-order valence-corrected chi connectivity index (χ1v) is 9.50. The summed E-state index contributed by atoms with van der Waals surface area (Å²) in [6, 6.07) is 6.33. The van der Waals surface area contributed by atoms with Crippen LogP contribution in [0.5, 0.6) is 0 Å². The van der Waals surface area contributed by atoms with E-state index in [-0.39, 0.29) is 6.04 Å². The third-order valence-electron chi connectivity index (χ3n) is 5.64. The van der Waals surface area contributed by atoms with E-state index in [1.165, 1.54) is 17.5 Å². The predicted octanol–water partition coefficient (Wildman–Crippen LogP) is 3.57. The molecule has 3 aromatic rings. The number of hydrogen-bond donors (Lipinski definition) is 2. The molecule has 1 fully saturated rings. The molecule has 1 aromatic carbocycles. The lowest BCUT2D eigenvalue weighted by Gasteiger charge is -2.20. The van der Waals surface area contributed by atoms with Gasteiger partial charge in [0.1, 0.15) is 0 Å². The fourth-order valence-corrected chi connectivity index (χ4v) is 3.88. The highest BCUT2D eigenvalue weighted by molar-refractivity contribution is 5.58. The predicted molar refractivity (Wildman–Crippen MR) is 96.7 cm³/mol. The largest absolute Gasteiger partial charge is 0.442 e. The zero-order valence-electron chi connectivity index (χ0n) is 15.2. The molecule has 2 atom stereocenters. The van der Waals surface area contributed by atoms with Gasteiger partial charge < -0.3 is 14.0 Å². The van der Waals surface area contributed by atoms with Crippen molar-refractivity contribution in [1.29, 1.82) is 0 Å². The number of aromatic nitrogens is 3. The van der Waals surface area contributed by atoms with Gasteiger partial charge in [-0.05, 0) is 42.9 Å². The summed E-state index contributed by atoms with van der Waals surface area (Å²) in [5.41, 5.74) is 3.42. The lowest BCUT2D eigenvalue weighted by molar-refractivity contribution is 0.0984. The number of rotatable bonds is 5. The van der Waals surface area contributed by atoms with E-state index in [0.29, 0.717) is 23.4 Å². The standard InChI is InChI=1S/C20H22N4O3/c1-11-21-10-17(26-11)19(25)22-16-8-6-13-9-14(5-7-15(13)16)18-23-20(27-24-18)12-3-2-4-12/h5,7,9-10,12,16,19,22,25H,2-4,6,8H2,1H3/t16-,19?/m1/s1. The molecule has 7 heteroatoms. The fourth-order valence-electron chi connectivity index (χ4n) is 3.88. The molecule has 0 amide bonds. The molecule has 140 valence electrons. The first-order chi connectivity index (χ1) is 13.2. The Morgan fingerprint density at radius 2 is 2.15 bits per heavy atom. The van der Waals surface area contributed by atoms with Gasteiger partial charge in [0, 0.05) is 24.4 Å². The maximum absolute atomic E-state index is 10.4. The SMILES string of the molecule is Cc1ncc(C(O)N[C@@H]2CCc3cc(-c4noc(C5CCC5)n4)ccc32)o1. The number of fused-ring (bicyclic) bond motifs is 1. The Bertz CT molecular complexity index is 960. The minimum absolute atomic E-state index is 0.0743. The highest BCUT2D eigenvalue weighted by Gasteiger charge is 2.28. The molecule has 1 saturated carbocycles. The first kappa shape index (κ1) is 16.6. The van der Waals surface area contributed by atoms with Crippen molar-refractivity contribution in [2.45, 2.75) is 57.2 Å². The van der Waals surface area contributed by atoms with Gasteiger partial charge in [-0.2, -0.15) is 4.98 Å². The second-order valence-corrected chi connectivity index (χ2v) is 7.44. The van der Waals surface area contributed by atoms with Gasteiger partial charge in [-0.15, -0.1) is 0 Å². The van der Waals surface area contributed by atoms with Crippen LogP contribution in [0.15, 0.2) is 33.3 Å². The summed E-state index contributed by atoms with van der Waals surface area (Å²) in [4.78, 5) is 8.62. The average molecular weight is 366 g/mol. The van der Waals surface area contributed by atoms with Gasteiger partial charge in [-0.1, -0.05) is 23.7 Å². The number of nitrogens with zero attached hydrogens (tertiary/aromatic N) is 3. The highest BCUT2D eigenvalue weighted by atomic mass is 16.5. The molecule has 0 saturated heterocycles. The molecule has 2 aliphatic rings. The van der Waals surface area contributed by atoms with Crippen LogP contribution in [0.1, 0.15) is 72.5 Å². The smallest absolute Gasteiger partial charge is 0.230 e. The lowest BCUT2D eigenvalue weighted by atomic mass is 9.85. The third kappa shape index (κ3) is 3.07. The zero-order valence-corrected chi connectivity index (χ0v) is 15.2. The molecular formula is C20H22N4O3. The molecule has 7 nitrogen and oxygen atoms in total. The first-order valence-electron chi connectivity index (χ1n) is 9.50. The average Bonchev–Trinajstić information content (AvgIpc) is 3.34. The van der Waals surface area contributed by atoms with E-state index in [2.05, 4.69) is 32.6 Å². The van der Waals surface area contributed by atoms with Crippen LogP contribution in [0, 0.1) is 6.92 Å². The molecule has 0 radical (unpaired) electrons. The summed E-state index contributed by atoms with van der Waals surface area (Å²) in [6.45, 7) is 1.76. The molecule has 0 bridgehead atoms. The van der Waals surface area contributed by atoms with Gasteiger partial charge in [0.15, 0.2) is 17.9 Å². The van der Waals surface area contributed by atoms with Gasteiger partial charge in [0.25, 0.3) is 0 Å². The summed E-state index contributed by atoms with van der Waals surface area (Å²) in [6.07, 6.45) is 6.08. The van der Waals surface area contributed by atoms with Gasteiger partial charge in [0.05, 0.1) is 6.20 Å². The van der Waals surface area contributed by atoms with E-state index in [4.69, 9.17) is 8.94 Å². The Kier molecular flexibility index (Phi) is 4.06. The van der Waals surface area contributed by atoms with Gasteiger partial charge >= 0.3 is 0 Å². The molecule has 2 N–H and O–H groups in total. The van der Waals surface area contributed by atoms with E-state index in [0.717, 1.165) is 37.1 Å². The number of oxazole rings is 1. The second kappa shape index (κ2) is 6.58. The number of aliphatic hydroxyl groups is 1. The molecule has 0 spiro atoms. The minimum atomic E-state index is -0.871. The van der Waals surface area contributed by atoms with Crippen molar-refractivity contribution in [3.8, 4) is 11.4 Å². The summed E-state index contributed by atoms with van der Waals surface area (Å²) in [7, 11) is 0. The topological polar surface area (TPSA) is 97.2 Å². The van der Waals surface area contributed by atoms with Crippen molar-refractivity contribution in [2.24, 2.45) is 0 Å².